The van der Waals surface area contributed by atoms with E-state index in [0.29, 0.717) is 11.6 Å². The van der Waals surface area contributed by atoms with Gasteiger partial charge in [0.15, 0.2) is 0 Å². The van der Waals surface area contributed by atoms with E-state index >= 15 is 0 Å². The Morgan fingerprint density at radius 1 is 1.21 bits per heavy atom. The molecule has 0 heterocycles. The van der Waals surface area contributed by atoms with Gasteiger partial charge in [0.25, 0.3) is 0 Å². The number of amidine groups is 1. The molecule has 2 rings (SSSR count). The largest absolute Gasteiger partial charge is 0.489 e. The van der Waals surface area contributed by atoms with Crippen LogP contribution in [0, 0.1) is 12.3 Å². The molecule has 3 nitrogen and oxygen atoms in total. The molecule has 2 aromatic rings. The molecular weight excluding hydrogens is 260 g/mol. The van der Waals surface area contributed by atoms with Crippen LogP contribution in [0.2, 0.25) is 5.02 Å². The highest BCUT2D eigenvalue weighted by Crippen LogP contribution is 2.18. The van der Waals surface area contributed by atoms with Crippen molar-refractivity contribution < 1.29 is 4.74 Å². The van der Waals surface area contributed by atoms with Gasteiger partial charge in [0.05, 0.1) is 0 Å². The van der Waals surface area contributed by atoms with Crippen molar-refractivity contribution in [2.75, 3.05) is 0 Å². The van der Waals surface area contributed by atoms with E-state index in [-0.39, 0.29) is 5.84 Å². The van der Waals surface area contributed by atoms with E-state index in [2.05, 4.69) is 0 Å². The van der Waals surface area contributed by atoms with Gasteiger partial charge in [-0.05, 0) is 48.4 Å². The lowest BCUT2D eigenvalue weighted by molar-refractivity contribution is 0.306. The molecule has 0 amide bonds. The van der Waals surface area contributed by atoms with Crippen LogP contribution in [0.4, 0.5) is 0 Å². The van der Waals surface area contributed by atoms with Gasteiger partial charge >= 0.3 is 0 Å². The van der Waals surface area contributed by atoms with Crippen molar-refractivity contribution in [3.8, 4) is 5.75 Å². The normalized spacial score (nSPS) is 10.2. The third-order valence-corrected chi connectivity index (χ3v) is 3.06. The van der Waals surface area contributed by atoms with Crippen LogP contribution in [0.5, 0.6) is 5.75 Å². The first-order valence-corrected chi connectivity index (χ1v) is 6.26. The van der Waals surface area contributed by atoms with Gasteiger partial charge in [-0.1, -0.05) is 23.7 Å². The van der Waals surface area contributed by atoms with Crippen LogP contribution in [-0.2, 0) is 6.61 Å². The first kappa shape index (κ1) is 13.4. The molecule has 0 bridgehead atoms. The minimum absolute atomic E-state index is 0.0711. The number of nitrogens with two attached hydrogens (primary N) is 1. The summed E-state index contributed by atoms with van der Waals surface area (Å²) in [5.41, 5.74) is 8.19. The van der Waals surface area contributed by atoms with E-state index in [1.165, 1.54) is 0 Å². The first-order chi connectivity index (χ1) is 9.06. The maximum absolute atomic E-state index is 7.43. The summed E-state index contributed by atoms with van der Waals surface area (Å²) in [5.74, 6) is 0.833. The summed E-state index contributed by atoms with van der Waals surface area (Å²) in [6.07, 6.45) is 0. The molecule has 0 aliphatic rings. The van der Waals surface area contributed by atoms with Crippen molar-refractivity contribution in [1.29, 1.82) is 5.41 Å². The fourth-order valence-corrected chi connectivity index (χ4v) is 1.90. The monoisotopic (exact) mass is 274 g/mol. The summed E-state index contributed by atoms with van der Waals surface area (Å²) in [6, 6.07) is 13.0. The third kappa shape index (κ3) is 3.48. The SMILES string of the molecule is Cc1cc(OCc2ccc(Cl)cc2)ccc1C(=N)N. The predicted molar refractivity (Wildman–Crippen MR) is 78.0 cm³/mol. The maximum Gasteiger partial charge on any atom is 0.123 e. The smallest absolute Gasteiger partial charge is 0.123 e. The average molecular weight is 275 g/mol. The second kappa shape index (κ2) is 5.76. The van der Waals surface area contributed by atoms with E-state index in [1.54, 1.807) is 6.07 Å². The summed E-state index contributed by atoms with van der Waals surface area (Å²) >= 11 is 5.82. The van der Waals surface area contributed by atoms with Gasteiger partial charge in [0.1, 0.15) is 18.2 Å². The Morgan fingerprint density at radius 2 is 1.89 bits per heavy atom. The Kier molecular flexibility index (Phi) is 4.07. The molecule has 0 saturated heterocycles. The van der Waals surface area contributed by atoms with E-state index in [9.17, 15) is 0 Å². The van der Waals surface area contributed by atoms with Crippen molar-refractivity contribution in [1.82, 2.24) is 0 Å². The Labute approximate surface area is 117 Å². The molecule has 3 N–H and O–H groups in total. The van der Waals surface area contributed by atoms with Gasteiger partial charge in [-0.3, -0.25) is 5.41 Å². The lowest BCUT2D eigenvalue weighted by atomic mass is 10.1. The number of benzene rings is 2. The Hall–Kier alpha value is -2.00. The Balaban J connectivity index is 2.06. The summed E-state index contributed by atoms with van der Waals surface area (Å²) in [4.78, 5) is 0. The highest BCUT2D eigenvalue weighted by atomic mass is 35.5. The van der Waals surface area contributed by atoms with Crippen LogP contribution in [0.3, 0.4) is 0 Å². The second-order valence-electron chi connectivity index (χ2n) is 4.31. The Bertz CT molecular complexity index is 594. The molecule has 0 radical (unpaired) electrons. The highest BCUT2D eigenvalue weighted by Gasteiger charge is 2.03. The minimum atomic E-state index is 0.0711. The fraction of sp³-hybridized carbons (Fsp3) is 0.133. The van der Waals surface area contributed by atoms with Crippen LogP contribution in [0.1, 0.15) is 16.7 Å². The third-order valence-electron chi connectivity index (χ3n) is 2.81. The molecular formula is C15H15ClN2O. The number of nitrogen functional groups attached to an aromatic ring is 1. The number of aryl methyl sites for hydroxylation is 1. The van der Waals surface area contributed by atoms with Crippen molar-refractivity contribution in [3.05, 3.63) is 64.2 Å². The predicted octanol–water partition coefficient (Wildman–Crippen LogP) is 3.51. The fourth-order valence-electron chi connectivity index (χ4n) is 1.78. The van der Waals surface area contributed by atoms with Crippen LogP contribution < -0.4 is 10.5 Å². The maximum atomic E-state index is 7.43. The van der Waals surface area contributed by atoms with Crippen molar-refractivity contribution in [2.24, 2.45) is 5.73 Å². The van der Waals surface area contributed by atoms with Crippen LogP contribution in [0.25, 0.3) is 0 Å². The molecule has 0 fully saturated rings. The number of rotatable bonds is 4. The second-order valence-corrected chi connectivity index (χ2v) is 4.74. The molecule has 0 aromatic heterocycles. The lowest BCUT2D eigenvalue weighted by Crippen LogP contribution is -2.12. The molecule has 0 aliphatic carbocycles. The van der Waals surface area contributed by atoms with E-state index < -0.39 is 0 Å². The van der Waals surface area contributed by atoms with Crippen LogP contribution >= 0.6 is 11.6 Å². The zero-order valence-electron chi connectivity index (χ0n) is 10.6. The molecule has 98 valence electrons. The topological polar surface area (TPSA) is 59.1 Å². The van der Waals surface area contributed by atoms with E-state index in [1.807, 2.05) is 43.3 Å². The number of hydrogen-bond acceptors (Lipinski definition) is 2. The van der Waals surface area contributed by atoms with Crippen LogP contribution in [-0.4, -0.2) is 5.84 Å². The molecule has 0 unspecified atom stereocenters. The molecule has 0 spiro atoms. The Morgan fingerprint density at radius 3 is 2.47 bits per heavy atom. The first-order valence-electron chi connectivity index (χ1n) is 5.88. The zero-order valence-corrected chi connectivity index (χ0v) is 11.4. The average Bonchev–Trinajstić information content (AvgIpc) is 2.37. The summed E-state index contributed by atoms with van der Waals surface area (Å²) < 4.78 is 5.69. The minimum Gasteiger partial charge on any atom is -0.489 e. The highest BCUT2D eigenvalue weighted by molar-refractivity contribution is 6.30. The van der Waals surface area contributed by atoms with Gasteiger partial charge in [0, 0.05) is 10.6 Å². The molecule has 0 saturated carbocycles. The van der Waals surface area contributed by atoms with Crippen molar-refractivity contribution in [2.45, 2.75) is 13.5 Å². The molecule has 19 heavy (non-hydrogen) atoms. The van der Waals surface area contributed by atoms with Crippen molar-refractivity contribution >= 4 is 17.4 Å². The van der Waals surface area contributed by atoms with Crippen molar-refractivity contribution in [3.63, 3.8) is 0 Å². The number of ether oxygens (including phenoxy) is 1. The van der Waals surface area contributed by atoms with Gasteiger partial charge < -0.3 is 10.5 Å². The summed E-state index contributed by atoms with van der Waals surface area (Å²) in [7, 11) is 0. The van der Waals surface area contributed by atoms with Crippen LogP contribution in [0.15, 0.2) is 42.5 Å². The molecule has 2 aromatic carbocycles. The zero-order chi connectivity index (χ0) is 13.8. The molecule has 4 heteroatoms. The number of hydrogen-bond donors (Lipinski definition) is 2. The molecule has 0 aliphatic heterocycles. The number of nitrogens with one attached hydrogen (secondary N) is 1. The number of halogens is 1. The van der Waals surface area contributed by atoms with Gasteiger partial charge in [-0.25, -0.2) is 0 Å². The summed E-state index contributed by atoms with van der Waals surface area (Å²) in [5, 5.41) is 8.14. The van der Waals surface area contributed by atoms with Gasteiger partial charge in [-0.2, -0.15) is 0 Å². The summed E-state index contributed by atoms with van der Waals surface area (Å²) in [6.45, 7) is 2.39. The molecule has 0 atom stereocenters. The lowest BCUT2D eigenvalue weighted by Gasteiger charge is -2.09. The van der Waals surface area contributed by atoms with Gasteiger partial charge in [-0.15, -0.1) is 0 Å². The van der Waals surface area contributed by atoms with Gasteiger partial charge in [0.2, 0.25) is 0 Å². The standard InChI is InChI=1S/C15H15ClN2O/c1-10-8-13(6-7-14(10)15(17)18)19-9-11-2-4-12(16)5-3-11/h2-8H,9H2,1H3,(H3,17,18). The quantitative estimate of drug-likeness (QED) is 0.662. The van der Waals surface area contributed by atoms with E-state index in [4.69, 9.17) is 27.5 Å². The van der Waals surface area contributed by atoms with E-state index in [0.717, 1.165) is 22.4 Å².